The van der Waals surface area contributed by atoms with Gasteiger partial charge in [-0.3, -0.25) is 9.48 Å². The molecule has 130 valence electrons. The Labute approximate surface area is 157 Å². The molecule has 1 aliphatic rings. The van der Waals surface area contributed by atoms with Gasteiger partial charge in [-0.05, 0) is 37.1 Å². The highest BCUT2D eigenvalue weighted by atomic mass is 35.5. The quantitative estimate of drug-likeness (QED) is 0.844. The zero-order chi connectivity index (χ0) is 16.6. The minimum atomic E-state index is -0.435. The van der Waals surface area contributed by atoms with Crippen LogP contribution in [0, 0.1) is 0 Å². The maximum atomic E-state index is 12.6. The summed E-state index contributed by atoms with van der Waals surface area (Å²) in [6, 6.07) is 3.25. The van der Waals surface area contributed by atoms with Gasteiger partial charge in [-0.2, -0.15) is 5.10 Å². The van der Waals surface area contributed by atoms with Crippen molar-refractivity contribution in [3.63, 3.8) is 0 Å². The smallest absolute Gasteiger partial charge is 0.242 e. The van der Waals surface area contributed by atoms with Gasteiger partial charge in [0, 0.05) is 18.8 Å². The van der Waals surface area contributed by atoms with Crippen molar-refractivity contribution in [2.75, 3.05) is 7.05 Å². The molecule has 0 spiro atoms. The van der Waals surface area contributed by atoms with Gasteiger partial charge in [-0.25, -0.2) is 0 Å². The molecule has 1 aromatic heterocycles. The van der Waals surface area contributed by atoms with Crippen LogP contribution < -0.4 is 10.6 Å². The number of nitrogens with one attached hydrogen (secondary N) is 2. The van der Waals surface area contributed by atoms with E-state index in [1.54, 1.807) is 24.0 Å². The van der Waals surface area contributed by atoms with E-state index in [1.807, 2.05) is 19.3 Å². The molecule has 0 radical (unpaired) electrons. The van der Waals surface area contributed by atoms with Crippen molar-refractivity contribution >= 4 is 41.5 Å². The summed E-state index contributed by atoms with van der Waals surface area (Å²) >= 11 is 12.3. The van der Waals surface area contributed by atoms with Crippen LogP contribution in [-0.4, -0.2) is 22.7 Å². The first-order valence-electron chi connectivity index (χ1n) is 7.44. The molecule has 5 nitrogen and oxygen atoms in total. The van der Waals surface area contributed by atoms with Crippen LogP contribution in [-0.2, 0) is 18.3 Å². The Hall–Kier alpha value is -1.27. The SMILES string of the molecule is CNC(C(=O)NC1CCc2c1ccc(Cl)c2Cl)c1cnn(C)c1.Cl. The summed E-state index contributed by atoms with van der Waals surface area (Å²) < 4.78 is 1.68. The zero-order valence-corrected chi connectivity index (χ0v) is 15.7. The summed E-state index contributed by atoms with van der Waals surface area (Å²) in [5.74, 6) is -0.0792. The molecule has 0 saturated heterocycles. The first-order valence-corrected chi connectivity index (χ1v) is 8.19. The van der Waals surface area contributed by atoms with Crippen LogP contribution in [0.2, 0.25) is 10.0 Å². The number of aryl methyl sites for hydroxylation is 1. The summed E-state index contributed by atoms with van der Waals surface area (Å²) in [5.41, 5.74) is 2.92. The van der Waals surface area contributed by atoms with Crippen LogP contribution in [0.15, 0.2) is 24.5 Å². The third kappa shape index (κ3) is 3.54. The van der Waals surface area contributed by atoms with Crippen molar-refractivity contribution in [2.24, 2.45) is 7.05 Å². The minimum Gasteiger partial charge on any atom is -0.348 e. The predicted molar refractivity (Wildman–Crippen MR) is 97.9 cm³/mol. The Kier molecular flexibility index (Phi) is 6.15. The van der Waals surface area contributed by atoms with E-state index in [2.05, 4.69) is 15.7 Å². The summed E-state index contributed by atoms with van der Waals surface area (Å²) in [5, 5.41) is 11.4. The highest BCUT2D eigenvalue weighted by Gasteiger charge is 2.29. The van der Waals surface area contributed by atoms with Gasteiger partial charge in [0.2, 0.25) is 5.91 Å². The Balaban J connectivity index is 0.00000208. The molecule has 3 rings (SSSR count). The van der Waals surface area contributed by atoms with E-state index in [0.717, 1.165) is 29.5 Å². The molecule has 8 heteroatoms. The van der Waals surface area contributed by atoms with Crippen molar-refractivity contribution in [3.05, 3.63) is 51.3 Å². The summed E-state index contributed by atoms with van der Waals surface area (Å²) in [7, 11) is 3.59. The summed E-state index contributed by atoms with van der Waals surface area (Å²) in [6.45, 7) is 0. The predicted octanol–water partition coefficient (Wildman–Crippen LogP) is 3.21. The van der Waals surface area contributed by atoms with E-state index in [9.17, 15) is 4.79 Å². The molecule has 1 aliphatic carbocycles. The van der Waals surface area contributed by atoms with E-state index in [1.165, 1.54) is 0 Å². The third-order valence-corrected chi connectivity index (χ3v) is 5.06. The molecule has 24 heavy (non-hydrogen) atoms. The number of carbonyl (C=O) groups excluding carboxylic acids is 1. The van der Waals surface area contributed by atoms with E-state index < -0.39 is 6.04 Å². The van der Waals surface area contributed by atoms with Gasteiger partial charge in [-0.15, -0.1) is 12.4 Å². The summed E-state index contributed by atoms with van der Waals surface area (Å²) in [4.78, 5) is 12.6. The van der Waals surface area contributed by atoms with Gasteiger partial charge in [0.1, 0.15) is 6.04 Å². The van der Waals surface area contributed by atoms with Crippen LogP contribution in [0.4, 0.5) is 0 Å². The van der Waals surface area contributed by atoms with E-state index in [4.69, 9.17) is 23.2 Å². The molecule has 1 aromatic carbocycles. The lowest BCUT2D eigenvalue weighted by atomic mass is 10.1. The Morgan fingerprint density at radius 1 is 1.42 bits per heavy atom. The number of hydrogen-bond acceptors (Lipinski definition) is 3. The number of rotatable bonds is 4. The maximum Gasteiger partial charge on any atom is 0.242 e. The second kappa shape index (κ2) is 7.74. The molecule has 1 heterocycles. The highest BCUT2D eigenvalue weighted by Crippen LogP contribution is 2.39. The number of likely N-dealkylation sites (N-methyl/N-ethyl adjacent to an activating group) is 1. The molecule has 1 amide bonds. The molecule has 2 aromatic rings. The van der Waals surface area contributed by atoms with Crippen molar-refractivity contribution in [1.82, 2.24) is 20.4 Å². The van der Waals surface area contributed by atoms with Gasteiger partial charge < -0.3 is 10.6 Å². The van der Waals surface area contributed by atoms with E-state index >= 15 is 0 Å². The first kappa shape index (κ1) is 19.1. The number of amides is 1. The Morgan fingerprint density at radius 2 is 2.17 bits per heavy atom. The van der Waals surface area contributed by atoms with Gasteiger partial charge >= 0.3 is 0 Å². The first-order chi connectivity index (χ1) is 11.0. The molecular weight excluding hydrogens is 371 g/mol. The fourth-order valence-electron chi connectivity index (χ4n) is 3.08. The molecule has 0 bridgehead atoms. The molecule has 0 saturated carbocycles. The normalized spacial score (nSPS) is 17.1. The number of aromatic nitrogens is 2. The monoisotopic (exact) mass is 388 g/mol. The molecule has 2 atom stereocenters. The zero-order valence-electron chi connectivity index (χ0n) is 13.3. The van der Waals surface area contributed by atoms with Crippen LogP contribution in [0.3, 0.4) is 0 Å². The Morgan fingerprint density at radius 3 is 2.79 bits per heavy atom. The van der Waals surface area contributed by atoms with Crippen LogP contribution >= 0.6 is 35.6 Å². The molecular formula is C16H19Cl3N4O. The molecule has 2 N–H and O–H groups in total. The highest BCUT2D eigenvalue weighted by molar-refractivity contribution is 6.42. The topological polar surface area (TPSA) is 59.0 Å². The van der Waals surface area contributed by atoms with Gasteiger partial charge in [0.25, 0.3) is 0 Å². The second-order valence-corrected chi connectivity index (χ2v) is 6.48. The van der Waals surface area contributed by atoms with E-state index in [-0.39, 0.29) is 24.4 Å². The summed E-state index contributed by atoms with van der Waals surface area (Å²) in [6.07, 6.45) is 5.17. The van der Waals surface area contributed by atoms with Crippen LogP contribution in [0.1, 0.15) is 35.2 Å². The lowest BCUT2D eigenvalue weighted by Crippen LogP contribution is -2.37. The standard InChI is InChI=1S/C16H18Cl2N4O.ClH/c1-19-15(9-7-20-22(2)8-9)16(23)21-13-6-4-11-10(13)3-5-12(17)14(11)18;/h3,5,7-8,13,15,19H,4,6H2,1-2H3,(H,21,23);1H. The third-order valence-electron chi connectivity index (χ3n) is 4.22. The second-order valence-electron chi connectivity index (χ2n) is 5.70. The lowest BCUT2D eigenvalue weighted by Gasteiger charge is -2.19. The van der Waals surface area contributed by atoms with Crippen molar-refractivity contribution in [1.29, 1.82) is 0 Å². The number of fused-ring (bicyclic) bond motifs is 1. The van der Waals surface area contributed by atoms with Crippen LogP contribution in [0.5, 0.6) is 0 Å². The average Bonchev–Trinajstić information content (AvgIpc) is 3.11. The molecule has 0 aliphatic heterocycles. The van der Waals surface area contributed by atoms with Gasteiger partial charge in [0.15, 0.2) is 0 Å². The molecule has 0 fully saturated rings. The van der Waals surface area contributed by atoms with E-state index in [0.29, 0.717) is 10.0 Å². The molecule has 2 unspecified atom stereocenters. The fraction of sp³-hybridized carbons (Fsp3) is 0.375. The average molecular weight is 390 g/mol. The fourth-order valence-corrected chi connectivity index (χ4v) is 3.52. The van der Waals surface area contributed by atoms with Crippen molar-refractivity contribution in [2.45, 2.75) is 24.9 Å². The van der Waals surface area contributed by atoms with Crippen molar-refractivity contribution < 1.29 is 4.79 Å². The van der Waals surface area contributed by atoms with Crippen molar-refractivity contribution in [3.8, 4) is 0 Å². The minimum absolute atomic E-state index is 0. The maximum absolute atomic E-state index is 12.6. The largest absolute Gasteiger partial charge is 0.348 e. The number of hydrogen-bond donors (Lipinski definition) is 2. The Bertz CT molecular complexity index is 747. The number of carbonyl (C=O) groups is 1. The number of nitrogens with zero attached hydrogens (tertiary/aromatic N) is 2. The van der Waals surface area contributed by atoms with Gasteiger partial charge in [-0.1, -0.05) is 29.3 Å². The number of halogens is 3. The lowest BCUT2D eigenvalue weighted by molar-refractivity contribution is -0.123. The van der Waals surface area contributed by atoms with Gasteiger partial charge in [0.05, 0.1) is 22.3 Å². The number of benzene rings is 1. The van der Waals surface area contributed by atoms with Crippen LogP contribution in [0.25, 0.3) is 0 Å².